The molecule has 3 heterocycles. The zero-order chi connectivity index (χ0) is 17.3. The lowest BCUT2D eigenvalue weighted by molar-refractivity contribution is -0.0637. The molecule has 0 aromatic carbocycles. The van der Waals surface area contributed by atoms with Gasteiger partial charge in [0.2, 0.25) is 11.7 Å². The summed E-state index contributed by atoms with van der Waals surface area (Å²) in [5, 5.41) is 14.2. The highest BCUT2D eigenvalue weighted by atomic mass is 19.1. The van der Waals surface area contributed by atoms with Crippen LogP contribution < -0.4 is 0 Å². The van der Waals surface area contributed by atoms with Crippen LogP contribution in [0.5, 0.6) is 0 Å². The van der Waals surface area contributed by atoms with E-state index in [1.165, 1.54) is 6.07 Å². The Morgan fingerprint density at radius 2 is 2.08 bits per heavy atom. The molecule has 1 aliphatic carbocycles. The Balaban J connectivity index is 1.29. The minimum absolute atomic E-state index is 0.384. The van der Waals surface area contributed by atoms with Gasteiger partial charge in [0.15, 0.2) is 0 Å². The standard InChI is InChI=1S/C18H23FN4O2/c19-14-2-3-15(20-11-14)17-21-16(25-22-17)10-13-4-8-23(9-5-13)12-18(24)6-1-7-18/h2-3,11,13,24H,1,4-10,12H2. The number of rotatable bonds is 5. The van der Waals surface area contributed by atoms with Crippen LogP contribution in [0.3, 0.4) is 0 Å². The molecule has 4 rings (SSSR count). The summed E-state index contributed by atoms with van der Waals surface area (Å²) < 4.78 is 18.3. The van der Waals surface area contributed by atoms with E-state index < -0.39 is 5.60 Å². The monoisotopic (exact) mass is 346 g/mol. The topological polar surface area (TPSA) is 75.3 Å². The number of piperidine rings is 1. The van der Waals surface area contributed by atoms with Crippen molar-refractivity contribution in [3.63, 3.8) is 0 Å². The van der Waals surface area contributed by atoms with Crippen molar-refractivity contribution in [2.75, 3.05) is 19.6 Å². The first-order chi connectivity index (χ1) is 12.1. The molecule has 0 amide bonds. The van der Waals surface area contributed by atoms with Crippen molar-refractivity contribution in [3.05, 3.63) is 30.0 Å². The van der Waals surface area contributed by atoms with Crippen LogP contribution >= 0.6 is 0 Å². The lowest BCUT2D eigenvalue weighted by atomic mass is 9.79. The van der Waals surface area contributed by atoms with E-state index in [0.29, 0.717) is 23.3 Å². The number of aliphatic hydroxyl groups is 1. The van der Waals surface area contributed by atoms with Crippen LogP contribution in [-0.4, -0.2) is 50.4 Å². The summed E-state index contributed by atoms with van der Waals surface area (Å²) in [4.78, 5) is 10.7. The first-order valence-corrected chi connectivity index (χ1v) is 8.99. The highest BCUT2D eigenvalue weighted by molar-refractivity contribution is 5.47. The van der Waals surface area contributed by atoms with E-state index in [-0.39, 0.29) is 5.82 Å². The highest BCUT2D eigenvalue weighted by Crippen LogP contribution is 2.33. The van der Waals surface area contributed by atoms with Crippen molar-refractivity contribution in [1.82, 2.24) is 20.0 Å². The fraction of sp³-hybridized carbons (Fsp3) is 0.611. The van der Waals surface area contributed by atoms with Gasteiger partial charge in [-0.25, -0.2) is 9.37 Å². The normalized spacial score (nSPS) is 21.2. The molecular formula is C18H23FN4O2. The van der Waals surface area contributed by atoms with Gasteiger partial charge in [0, 0.05) is 13.0 Å². The molecule has 1 saturated heterocycles. The maximum Gasteiger partial charge on any atom is 0.227 e. The molecule has 0 spiro atoms. The van der Waals surface area contributed by atoms with Crippen molar-refractivity contribution >= 4 is 0 Å². The molecule has 1 N–H and O–H groups in total. The third-order valence-electron chi connectivity index (χ3n) is 5.40. The van der Waals surface area contributed by atoms with Gasteiger partial charge >= 0.3 is 0 Å². The van der Waals surface area contributed by atoms with Gasteiger partial charge in [0.05, 0.1) is 11.8 Å². The van der Waals surface area contributed by atoms with Gasteiger partial charge < -0.3 is 14.5 Å². The van der Waals surface area contributed by atoms with Crippen molar-refractivity contribution in [3.8, 4) is 11.5 Å². The van der Waals surface area contributed by atoms with E-state index >= 15 is 0 Å². The van der Waals surface area contributed by atoms with E-state index in [1.807, 2.05) is 0 Å². The van der Waals surface area contributed by atoms with E-state index in [9.17, 15) is 9.50 Å². The number of hydrogen-bond acceptors (Lipinski definition) is 6. The van der Waals surface area contributed by atoms with E-state index in [1.54, 1.807) is 6.07 Å². The molecule has 2 aliphatic rings. The number of aromatic nitrogens is 3. The minimum atomic E-state index is -0.434. The molecule has 25 heavy (non-hydrogen) atoms. The Morgan fingerprint density at radius 3 is 2.72 bits per heavy atom. The van der Waals surface area contributed by atoms with Crippen molar-refractivity contribution in [2.45, 2.75) is 44.1 Å². The maximum absolute atomic E-state index is 12.9. The predicted octanol–water partition coefficient (Wildman–Crippen LogP) is 2.44. The molecule has 0 unspecified atom stereocenters. The average molecular weight is 346 g/mol. The molecule has 2 aromatic rings. The van der Waals surface area contributed by atoms with E-state index in [0.717, 1.165) is 64.4 Å². The summed E-state index contributed by atoms with van der Waals surface area (Å²) in [5.74, 6) is 1.14. The molecule has 1 saturated carbocycles. The molecule has 0 radical (unpaired) electrons. The largest absolute Gasteiger partial charge is 0.389 e. The molecule has 2 aromatic heterocycles. The first-order valence-electron chi connectivity index (χ1n) is 8.99. The van der Waals surface area contributed by atoms with Crippen LogP contribution in [0.15, 0.2) is 22.9 Å². The van der Waals surface area contributed by atoms with Crippen LogP contribution in [0, 0.1) is 11.7 Å². The third-order valence-corrected chi connectivity index (χ3v) is 5.40. The summed E-state index contributed by atoms with van der Waals surface area (Å²) in [6.45, 7) is 2.82. The maximum atomic E-state index is 12.9. The van der Waals surface area contributed by atoms with E-state index in [4.69, 9.17) is 4.52 Å². The smallest absolute Gasteiger partial charge is 0.227 e. The molecule has 7 heteroatoms. The van der Waals surface area contributed by atoms with Gasteiger partial charge in [-0.1, -0.05) is 5.16 Å². The van der Waals surface area contributed by atoms with Crippen LogP contribution in [0.2, 0.25) is 0 Å². The summed E-state index contributed by atoms with van der Waals surface area (Å²) in [6.07, 6.45) is 7.08. The Bertz CT molecular complexity index is 706. The number of hydrogen-bond donors (Lipinski definition) is 1. The van der Waals surface area contributed by atoms with Gasteiger partial charge in [-0.3, -0.25) is 0 Å². The Morgan fingerprint density at radius 1 is 1.28 bits per heavy atom. The Hall–Kier alpha value is -1.86. The summed E-state index contributed by atoms with van der Waals surface area (Å²) in [6, 6.07) is 2.89. The molecule has 6 nitrogen and oxygen atoms in total. The summed E-state index contributed by atoms with van der Waals surface area (Å²) >= 11 is 0. The Kier molecular flexibility index (Phi) is 4.52. The lowest BCUT2D eigenvalue weighted by Crippen LogP contribution is -2.50. The first kappa shape index (κ1) is 16.6. The number of nitrogens with zero attached hydrogens (tertiary/aromatic N) is 4. The van der Waals surface area contributed by atoms with E-state index in [2.05, 4.69) is 20.0 Å². The molecule has 1 aliphatic heterocycles. The summed E-state index contributed by atoms with van der Waals surface area (Å²) in [5.41, 5.74) is 0.0797. The molecule has 134 valence electrons. The number of β-amino-alcohol motifs (C(OH)–C–C–N with tert-alkyl or cyclic N) is 1. The van der Waals surface area contributed by atoms with Crippen molar-refractivity contribution in [1.29, 1.82) is 0 Å². The van der Waals surface area contributed by atoms with Gasteiger partial charge in [-0.15, -0.1) is 0 Å². The fourth-order valence-corrected chi connectivity index (χ4v) is 3.70. The quantitative estimate of drug-likeness (QED) is 0.896. The zero-order valence-electron chi connectivity index (χ0n) is 14.2. The van der Waals surface area contributed by atoms with Crippen LogP contribution in [-0.2, 0) is 6.42 Å². The third kappa shape index (κ3) is 3.88. The number of pyridine rings is 1. The second-order valence-corrected chi connectivity index (χ2v) is 7.37. The van der Waals surface area contributed by atoms with Crippen molar-refractivity contribution in [2.24, 2.45) is 5.92 Å². The second-order valence-electron chi connectivity index (χ2n) is 7.37. The van der Waals surface area contributed by atoms with Gasteiger partial charge in [0.25, 0.3) is 0 Å². The number of halogens is 1. The van der Waals surface area contributed by atoms with Gasteiger partial charge in [-0.05, 0) is 63.2 Å². The minimum Gasteiger partial charge on any atom is -0.389 e. The lowest BCUT2D eigenvalue weighted by Gasteiger charge is -2.42. The Labute approximate surface area is 146 Å². The molecule has 2 fully saturated rings. The molecular weight excluding hydrogens is 323 g/mol. The van der Waals surface area contributed by atoms with Crippen molar-refractivity contribution < 1.29 is 14.0 Å². The van der Waals surface area contributed by atoms with Crippen LogP contribution in [0.25, 0.3) is 11.5 Å². The van der Waals surface area contributed by atoms with Gasteiger partial charge in [0.1, 0.15) is 11.5 Å². The van der Waals surface area contributed by atoms with Crippen LogP contribution in [0.1, 0.15) is 38.0 Å². The van der Waals surface area contributed by atoms with Gasteiger partial charge in [-0.2, -0.15) is 4.98 Å². The fourth-order valence-electron chi connectivity index (χ4n) is 3.70. The number of likely N-dealkylation sites (tertiary alicyclic amines) is 1. The highest BCUT2D eigenvalue weighted by Gasteiger charge is 2.37. The zero-order valence-corrected chi connectivity index (χ0v) is 14.2. The average Bonchev–Trinajstić information content (AvgIpc) is 3.04. The molecule has 0 atom stereocenters. The second kappa shape index (κ2) is 6.80. The predicted molar refractivity (Wildman–Crippen MR) is 89.2 cm³/mol. The SMILES string of the molecule is OC1(CN2CCC(Cc3nc(-c4ccc(F)cn4)no3)CC2)CCC1. The molecule has 0 bridgehead atoms. The summed E-state index contributed by atoms with van der Waals surface area (Å²) in [7, 11) is 0. The van der Waals surface area contributed by atoms with Crippen LogP contribution in [0.4, 0.5) is 4.39 Å².